The Morgan fingerprint density at radius 1 is 1.35 bits per heavy atom. The van der Waals surface area contributed by atoms with Crippen LogP contribution in [-0.2, 0) is 0 Å². The minimum absolute atomic E-state index is 0.802. The molecule has 0 aromatic carbocycles. The monoisotopic (exact) mass is 234 g/mol. The summed E-state index contributed by atoms with van der Waals surface area (Å²) in [6.45, 7) is 3.95. The highest BCUT2D eigenvalue weighted by Gasteiger charge is 2.19. The van der Waals surface area contributed by atoms with Gasteiger partial charge >= 0.3 is 0 Å². The van der Waals surface area contributed by atoms with Crippen LogP contribution in [0.3, 0.4) is 0 Å². The highest BCUT2D eigenvalue weighted by molar-refractivity contribution is 5.25. The van der Waals surface area contributed by atoms with E-state index >= 15 is 0 Å². The van der Waals surface area contributed by atoms with Crippen molar-refractivity contribution < 1.29 is 4.74 Å². The summed E-state index contributed by atoms with van der Waals surface area (Å²) in [5.74, 6) is 0.920. The van der Waals surface area contributed by atoms with Gasteiger partial charge in [0.15, 0.2) is 0 Å². The smallest absolute Gasteiger partial charge is 0.140 e. The summed E-state index contributed by atoms with van der Waals surface area (Å²) in [7, 11) is 0. The Morgan fingerprint density at radius 2 is 2.24 bits per heavy atom. The van der Waals surface area contributed by atoms with Crippen LogP contribution < -0.4 is 10.1 Å². The molecular formula is C14H22N2O. The molecule has 0 spiro atoms. The van der Waals surface area contributed by atoms with E-state index in [1.54, 1.807) is 6.20 Å². The van der Waals surface area contributed by atoms with Gasteiger partial charge in [0.25, 0.3) is 0 Å². The van der Waals surface area contributed by atoms with E-state index in [9.17, 15) is 0 Å². The van der Waals surface area contributed by atoms with Crippen LogP contribution in [0.25, 0.3) is 0 Å². The topological polar surface area (TPSA) is 34.1 Å². The molecule has 0 radical (unpaired) electrons. The van der Waals surface area contributed by atoms with Gasteiger partial charge in [-0.15, -0.1) is 0 Å². The van der Waals surface area contributed by atoms with E-state index in [0.29, 0.717) is 0 Å². The normalized spacial score (nSPS) is 14.9. The first-order chi connectivity index (χ1) is 8.36. The van der Waals surface area contributed by atoms with Crippen LogP contribution in [0.5, 0.6) is 5.75 Å². The van der Waals surface area contributed by atoms with E-state index in [1.165, 1.54) is 25.7 Å². The molecule has 1 aliphatic rings. The van der Waals surface area contributed by atoms with E-state index in [0.717, 1.165) is 37.1 Å². The van der Waals surface area contributed by atoms with Gasteiger partial charge in [0.1, 0.15) is 5.75 Å². The quantitative estimate of drug-likeness (QED) is 0.702. The van der Waals surface area contributed by atoms with Crippen molar-refractivity contribution >= 4 is 0 Å². The van der Waals surface area contributed by atoms with Gasteiger partial charge in [0.05, 0.1) is 12.3 Å². The maximum atomic E-state index is 5.69. The molecule has 0 unspecified atom stereocenters. The number of unbranched alkanes of at least 4 members (excludes halogenated alkanes) is 2. The van der Waals surface area contributed by atoms with E-state index < -0.39 is 0 Å². The third-order valence-corrected chi connectivity index (χ3v) is 3.05. The SMILES string of the molecule is Cc1ncccc1OCCCCCNC1CC1. The highest BCUT2D eigenvalue weighted by Crippen LogP contribution is 2.18. The Labute approximate surface area is 104 Å². The maximum absolute atomic E-state index is 5.69. The molecule has 1 aliphatic carbocycles. The lowest BCUT2D eigenvalue weighted by Crippen LogP contribution is -2.17. The van der Waals surface area contributed by atoms with Crippen LogP contribution in [0, 0.1) is 6.92 Å². The molecule has 1 saturated carbocycles. The van der Waals surface area contributed by atoms with E-state index in [-0.39, 0.29) is 0 Å². The zero-order valence-electron chi connectivity index (χ0n) is 10.6. The molecule has 17 heavy (non-hydrogen) atoms. The third-order valence-electron chi connectivity index (χ3n) is 3.05. The molecule has 2 rings (SSSR count). The van der Waals surface area contributed by atoms with Gasteiger partial charge in [0.2, 0.25) is 0 Å². The second-order valence-electron chi connectivity index (χ2n) is 4.72. The number of hydrogen-bond acceptors (Lipinski definition) is 3. The number of aryl methyl sites for hydroxylation is 1. The van der Waals surface area contributed by atoms with Crippen LogP contribution >= 0.6 is 0 Å². The van der Waals surface area contributed by atoms with Crippen LogP contribution in [-0.4, -0.2) is 24.2 Å². The lowest BCUT2D eigenvalue weighted by Gasteiger charge is -2.08. The minimum atomic E-state index is 0.802. The van der Waals surface area contributed by atoms with Gasteiger partial charge in [-0.3, -0.25) is 4.98 Å². The van der Waals surface area contributed by atoms with Crippen molar-refractivity contribution in [3.63, 3.8) is 0 Å². The summed E-state index contributed by atoms with van der Waals surface area (Å²) >= 11 is 0. The minimum Gasteiger partial charge on any atom is -0.492 e. The average molecular weight is 234 g/mol. The van der Waals surface area contributed by atoms with Gasteiger partial charge in [-0.05, 0) is 57.7 Å². The van der Waals surface area contributed by atoms with Gasteiger partial charge in [-0.25, -0.2) is 0 Å². The van der Waals surface area contributed by atoms with E-state index in [1.807, 2.05) is 19.1 Å². The predicted molar refractivity (Wildman–Crippen MR) is 69.3 cm³/mol. The van der Waals surface area contributed by atoms with Crippen molar-refractivity contribution in [1.82, 2.24) is 10.3 Å². The molecule has 0 amide bonds. The Bertz CT molecular complexity index is 337. The van der Waals surface area contributed by atoms with Crippen LogP contribution in [0.4, 0.5) is 0 Å². The fourth-order valence-electron chi connectivity index (χ4n) is 1.80. The van der Waals surface area contributed by atoms with Gasteiger partial charge in [-0.1, -0.05) is 0 Å². The molecule has 1 aromatic rings. The fraction of sp³-hybridized carbons (Fsp3) is 0.643. The summed E-state index contributed by atoms with van der Waals surface area (Å²) in [5, 5.41) is 3.52. The van der Waals surface area contributed by atoms with Gasteiger partial charge < -0.3 is 10.1 Å². The van der Waals surface area contributed by atoms with Crippen LogP contribution in [0.1, 0.15) is 37.8 Å². The molecule has 3 nitrogen and oxygen atoms in total. The number of hydrogen-bond donors (Lipinski definition) is 1. The third kappa shape index (κ3) is 4.73. The number of aromatic nitrogens is 1. The molecule has 1 aromatic heterocycles. The number of pyridine rings is 1. The lowest BCUT2D eigenvalue weighted by molar-refractivity contribution is 0.301. The second kappa shape index (κ2) is 6.60. The van der Waals surface area contributed by atoms with Crippen molar-refractivity contribution in [2.45, 2.75) is 45.1 Å². The van der Waals surface area contributed by atoms with Crippen LogP contribution in [0.15, 0.2) is 18.3 Å². The number of ether oxygens (including phenoxy) is 1. The van der Waals surface area contributed by atoms with Gasteiger partial charge in [-0.2, -0.15) is 0 Å². The molecule has 1 N–H and O–H groups in total. The molecule has 3 heteroatoms. The zero-order valence-corrected chi connectivity index (χ0v) is 10.6. The molecule has 0 aliphatic heterocycles. The van der Waals surface area contributed by atoms with Gasteiger partial charge in [0, 0.05) is 12.2 Å². The van der Waals surface area contributed by atoms with Crippen molar-refractivity contribution in [2.24, 2.45) is 0 Å². The molecule has 1 heterocycles. The molecule has 94 valence electrons. The van der Waals surface area contributed by atoms with Crippen molar-refractivity contribution in [2.75, 3.05) is 13.2 Å². The van der Waals surface area contributed by atoms with Crippen LogP contribution in [0.2, 0.25) is 0 Å². The van der Waals surface area contributed by atoms with E-state index in [2.05, 4.69) is 10.3 Å². The molecular weight excluding hydrogens is 212 g/mol. The number of nitrogens with one attached hydrogen (secondary N) is 1. The number of rotatable bonds is 8. The first-order valence-corrected chi connectivity index (χ1v) is 6.64. The summed E-state index contributed by atoms with van der Waals surface area (Å²) < 4.78 is 5.69. The zero-order chi connectivity index (χ0) is 11.9. The molecule has 0 bridgehead atoms. The standard InChI is InChI=1S/C14H22N2O/c1-12-14(6-5-10-15-12)17-11-4-2-3-9-16-13-7-8-13/h5-6,10,13,16H,2-4,7-9,11H2,1H3. The average Bonchev–Trinajstić information content (AvgIpc) is 3.14. The Hall–Kier alpha value is -1.09. The summed E-state index contributed by atoms with van der Waals surface area (Å²) in [5.41, 5.74) is 0.975. The van der Waals surface area contributed by atoms with Crippen molar-refractivity contribution in [1.29, 1.82) is 0 Å². The summed E-state index contributed by atoms with van der Waals surface area (Å²) in [6, 6.07) is 4.74. The van der Waals surface area contributed by atoms with Crippen molar-refractivity contribution in [3.8, 4) is 5.75 Å². The number of nitrogens with zero attached hydrogens (tertiary/aromatic N) is 1. The predicted octanol–water partition coefficient (Wildman–Crippen LogP) is 2.69. The first kappa shape index (κ1) is 12.4. The largest absolute Gasteiger partial charge is 0.492 e. The Balaban J connectivity index is 1.49. The second-order valence-corrected chi connectivity index (χ2v) is 4.72. The first-order valence-electron chi connectivity index (χ1n) is 6.64. The molecule has 0 atom stereocenters. The van der Waals surface area contributed by atoms with Crippen molar-refractivity contribution in [3.05, 3.63) is 24.0 Å². The lowest BCUT2D eigenvalue weighted by atomic mass is 10.2. The highest BCUT2D eigenvalue weighted by atomic mass is 16.5. The summed E-state index contributed by atoms with van der Waals surface area (Å²) in [6.07, 6.45) is 8.17. The van der Waals surface area contributed by atoms with E-state index in [4.69, 9.17) is 4.74 Å². The fourth-order valence-corrected chi connectivity index (χ4v) is 1.80. The Kier molecular flexibility index (Phi) is 4.80. The Morgan fingerprint density at radius 3 is 3.00 bits per heavy atom. The summed E-state index contributed by atoms with van der Waals surface area (Å²) in [4.78, 5) is 4.20. The maximum Gasteiger partial charge on any atom is 0.140 e. The molecule has 0 saturated heterocycles. The molecule has 1 fully saturated rings.